The second-order valence-electron chi connectivity index (χ2n) is 6.75. The molecule has 1 fully saturated rings. The monoisotopic (exact) mass is 374 g/mol. The van der Waals surface area contributed by atoms with Crippen molar-refractivity contribution in [2.75, 3.05) is 41.3 Å². The average Bonchev–Trinajstić information content (AvgIpc) is 2.76. The fourth-order valence-corrected chi connectivity index (χ4v) is 3.33. The summed E-state index contributed by atoms with van der Waals surface area (Å²) in [6, 6.07) is 9.62. The number of carbonyl (C=O) groups is 1. The minimum absolute atomic E-state index is 0.156. The zero-order chi connectivity index (χ0) is 19.3. The van der Waals surface area contributed by atoms with Gasteiger partial charge in [-0.3, -0.25) is 14.8 Å². The minimum Gasteiger partial charge on any atom is -0.366 e. The molecule has 7 nitrogen and oxygen atoms in total. The second-order valence-corrected chi connectivity index (χ2v) is 6.75. The Balaban J connectivity index is 1.50. The number of hydrogen-bond acceptors (Lipinski definition) is 6. The molecule has 0 aliphatic carbocycles. The second kappa shape index (κ2) is 8.04. The number of piperazine rings is 1. The number of amides is 1. The van der Waals surface area contributed by atoms with E-state index in [1.54, 1.807) is 43.1 Å². The van der Waals surface area contributed by atoms with Crippen molar-refractivity contribution in [3.8, 4) is 0 Å². The van der Waals surface area contributed by atoms with Crippen molar-refractivity contribution in [1.82, 2.24) is 15.0 Å². The van der Waals surface area contributed by atoms with Gasteiger partial charge in [-0.25, -0.2) is 4.98 Å². The summed E-state index contributed by atoms with van der Waals surface area (Å²) in [6.07, 6.45) is 8.42. The number of anilines is 3. The fourth-order valence-electron chi connectivity index (χ4n) is 3.33. The molecule has 1 N–H and O–H groups in total. The number of hydrogen-bond donors (Lipinski definition) is 1. The van der Waals surface area contributed by atoms with Gasteiger partial charge < -0.3 is 15.1 Å². The van der Waals surface area contributed by atoms with Crippen molar-refractivity contribution in [2.24, 2.45) is 0 Å². The number of benzene rings is 1. The van der Waals surface area contributed by atoms with Gasteiger partial charge in [0.25, 0.3) is 5.91 Å². The smallest absolute Gasteiger partial charge is 0.257 e. The number of rotatable bonds is 4. The van der Waals surface area contributed by atoms with Gasteiger partial charge in [-0.1, -0.05) is 6.07 Å². The summed E-state index contributed by atoms with van der Waals surface area (Å²) in [7, 11) is 0. The predicted octanol–water partition coefficient (Wildman–Crippen LogP) is 2.76. The number of pyridine rings is 1. The molecular formula is C21H22N6O. The lowest BCUT2D eigenvalue weighted by atomic mass is 10.1. The van der Waals surface area contributed by atoms with E-state index in [1.807, 2.05) is 12.1 Å². The Labute approximate surface area is 164 Å². The molecule has 3 aromatic rings. The van der Waals surface area contributed by atoms with Crippen LogP contribution in [-0.4, -0.2) is 47.0 Å². The molecule has 4 rings (SSSR count). The van der Waals surface area contributed by atoms with Crippen molar-refractivity contribution >= 4 is 23.1 Å². The van der Waals surface area contributed by atoms with Gasteiger partial charge in [-0.15, -0.1) is 0 Å². The normalized spacial score (nSPS) is 14.0. The Kier molecular flexibility index (Phi) is 5.14. The SMILES string of the molecule is Cc1ccc(NC(=O)c2cccnc2)c(N2CCN(c3cnccn3)CC2)c1. The quantitative estimate of drug-likeness (QED) is 0.757. The molecule has 0 bridgehead atoms. The van der Waals surface area contributed by atoms with Gasteiger partial charge in [-0.2, -0.15) is 0 Å². The molecule has 142 valence electrons. The lowest BCUT2D eigenvalue weighted by Gasteiger charge is -2.37. The maximum absolute atomic E-state index is 12.6. The highest BCUT2D eigenvalue weighted by Crippen LogP contribution is 2.29. The Hall–Kier alpha value is -3.48. The average molecular weight is 374 g/mol. The maximum atomic E-state index is 12.6. The summed E-state index contributed by atoms with van der Waals surface area (Å²) in [5.74, 6) is 0.743. The fraction of sp³-hybridized carbons (Fsp3) is 0.238. The number of nitrogens with one attached hydrogen (secondary N) is 1. The van der Waals surface area contributed by atoms with E-state index in [4.69, 9.17) is 0 Å². The Morgan fingerprint density at radius 1 is 0.964 bits per heavy atom. The molecular weight excluding hydrogens is 352 g/mol. The van der Waals surface area contributed by atoms with Crippen LogP contribution in [0.4, 0.5) is 17.2 Å². The first-order chi connectivity index (χ1) is 13.7. The molecule has 1 aromatic carbocycles. The molecule has 1 aliphatic rings. The van der Waals surface area contributed by atoms with Crippen molar-refractivity contribution in [1.29, 1.82) is 0 Å². The van der Waals surface area contributed by atoms with Gasteiger partial charge >= 0.3 is 0 Å². The molecule has 7 heteroatoms. The van der Waals surface area contributed by atoms with Gasteiger partial charge in [0.1, 0.15) is 5.82 Å². The first-order valence-corrected chi connectivity index (χ1v) is 9.28. The number of nitrogens with zero attached hydrogens (tertiary/aromatic N) is 5. The van der Waals surface area contributed by atoms with Crippen molar-refractivity contribution in [3.05, 3.63) is 72.4 Å². The first kappa shape index (κ1) is 17.9. The van der Waals surface area contributed by atoms with Crippen molar-refractivity contribution < 1.29 is 4.79 Å². The molecule has 0 saturated carbocycles. The summed E-state index contributed by atoms with van der Waals surface area (Å²) in [5, 5.41) is 3.04. The van der Waals surface area contributed by atoms with Gasteiger partial charge in [0.15, 0.2) is 0 Å². The molecule has 3 heterocycles. The molecule has 0 atom stereocenters. The van der Waals surface area contributed by atoms with E-state index in [1.165, 1.54) is 0 Å². The Bertz CT molecular complexity index is 940. The minimum atomic E-state index is -0.156. The van der Waals surface area contributed by atoms with Crippen LogP contribution in [0.15, 0.2) is 61.3 Å². The van der Waals surface area contributed by atoms with Gasteiger partial charge in [-0.05, 0) is 36.8 Å². The molecule has 0 radical (unpaired) electrons. The molecule has 0 unspecified atom stereocenters. The summed E-state index contributed by atoms with van der Waals surface area (Å²) in [5.41, 5.74) is 3.55. The van der Waals surface area contributed by atoms with E-state index in [0.717, 1.165) is 48.9 Å². The van der Waals surface area contributed by atoms with Crippen LogP contribution in [0.1, 0.15) is 15.9 Å². The molecule has 28 heavy (non-hydrogen) atoms. The van der Waals surface area contributed by atoms with Crippen LogP contribution in [0.2, 0.25) is 0 Å². The molecule has 1 amide bonds. The van der Waals surface area contributed by atoms with Gasteiger partial charge in [0.2, 0.25) is 0 Å². The number of carbonyl (C=O) groups excluding carboxylic acids is 1. The zero-order valence-corrected chi connectivity index (χ0v) is 15.7. The molecule has 2 aromatic heterocycles. The van der Waals surface area contributed by atoms with E-state index >= 15 is 0 Å². The van der Waals surface area contributed by atoms with E-state index in [9.17, 15) is 4.79 Å². The van der Waals surface area contributed by atoms with Crippen molar-refractivity contribution in [3.63, 3.8) is 0 Å². The summed E-state index contributed by atoms with van der Waals surface area (Å²) in [6.45, 7) is 5.45. The Morgan fingerprint density at radius 2 is 1.75 bits per heavy atom. The first-order valence-electron chi connectivity index (χ1n) is 9.28. The molecule has 0 spiro atoms. The van der Waals surface area contributed by atoms with Crippen LogP contribution < -0.4 is 15.1 Å². The standard InChI is InChI=1S/C21H22N6O/c1-16-4-5-18(25-21(28)17-3-2-6-22-14-17)19(13-16)26-9-11-27(12-10-26)20-15-23-7-8-24-20/h2-8,13-15H,9-12H2,1H3,(H,25,28). The van der Waals surface area contributed by atoms with E-state index in [2.05, 4.69) is 43.1 Å². The zero-order valence-electron chi connectivity index (χ0n) is 15.7. The Morgan fingerprint density at radius 3 is 2.46 bits per heavy atom. The van der Waals surface area contributed by atoms with E-state index in [-0.39, 0.29) is 5.91 Å². The number of aryl methyl sites for hydroxylation is 1. The summed E-state index contributed by atoms with van der Waals surface area (Å²) < 4.78 is 0. The van der Waals surface area contributed by atoms with E-state index in [0.29, 0.717) is 5.56 Å². The predicted molar refractivity (Wildman–Crippen MR) is 110 cm³/mol. The van der Waals surface area contributed by atoms with Crippen molar-refractivity contribution in [2.45, 2.75) is 6.92 Å². The highest BCUT2D eigenvalue weighted by atomic mass is 16.1. The summed E-state index contributed by atoms with van der Waals surface area (Å²) >= 11 is 0. The lowest BCUT2D eigenvalue weighted by Crippen LogP contribution is -2.47. The van der Waals surface area contributed by atoms with Crippen LogP contribution in [0, 0.1) is 6.92 Å². The van der Waals surface area contributed by atoms with E-state index < -0.39 is 0 Å². The largest absolute Gasteiger partial charge is 0.366 e. The molecule has 1 saturated heterocycles. The number of aromatic nitrogens is 3. The van der Waals surface area contributed by atoms with Gasteiger partial charge in [0.05, 0.1) is 23.1 Å². The topological polar surface area (TPSA) is 74.2 Å². The highest BCUT2D eigenvalue weighted by Gasteiger charge is 2.21. The third kappa shape index (κ3) is 3.93. The van der Waals surface area contributed by atoms with Crippen LogP contribution in [0.5, 0.6) is 0 Å². The lowest BCUT2D eigenvalue weighted by molar-refractivity contribution is 0.102. The van der Waals surface area contributed by atoms with Crippen LogP contribution >= 0.6 is 0 Å². The third-order valence-corrected chi connectivity index (χ3v) is 4.82. The maximum Gasteiger partial charge on any atom is 0.257 e. The van der Waals surface area contributed by atoms with Gasteiger partial charge in [0, 0.05) is 51.0 Å². The van der Waals surface area contributed by atoms with Crippen LogP contribution in [0.25, 0.3) is 0 Å². The van der Waals surface area contributed by atoms with Crippen LogP contribution in [-0.2, 0) is 0 Å². The highest BCUT2D eigenvalue weighted by molar-refractivity contribution is 6.05. The van der Waals surface area contributed by atoms with Crippen LogP contribution in [0.3, 0.4) is 0 Å². The third-order valence-electron chi connectivity index (χ3n) is 4.82. The molecule has 1 aliphatic heterocycles. The summed E-state index contributed by atoms with van der Waals surface area (Å²) in [4.78, 5) is 29.7.